The molecular weight excluding hydrogens is 252 g/mol. The molecule has 0 atom stereocenters. The van der Waals surface area contributed by atoms with Crippen LogP contribution in [0.25, 0.3) is 10.9 Å². The SMILES string of the molecule is CC1(C)CCCN1c1cc(C(=O)O)nc2ccccc12. The number of aromatic carboxylic acids is 1. The fourth-order valence-corrected chi connectivity index (χ4v) is 3.04. The first-order valence-corrected chi connectivity index (χ1v) is 6.90. The van der Waals surface area contributed by atoms with Crippen LogP contribution >= 0.6 is 0 Å². The number of hydrogen-bond donors (Lipinski definition) is 1. The Morgan fingerprint density at radius 2 is 2.10 bits per heavy atom. The van der Waals surface area contributed by atoms with Crippen LogP contribution in [0.5, 0.6) is 0 Å². The largest absolute Gasteiger partial charge is 0.477 e. The van der Waals surface area contributed by atoms with Gasteiger partial charge in [0.05, 0.1) is 5.52 Å². The number of benzene rings is 1. The Bertz CT molecular complexity index is 679. The Labute approximate surface area is 118 Å². The summed E-state index contributed by atoms with van der Waals surface area (Å²) in [6.45, 7) is 5.37. The second-order valence-electron chi connectivity index (χ2n) is 5.92. The lowest BCUT2D eigenvalue weighted by Crippen LogP contribution is -2.38. The maximum absolute atomic E-state index is 11.3. The molecule has 4 heteroatoms. The van der Waals surface area contributed by atoms with E-state index in [0.29, 0.717) is 0 Å². The molecule has 104 valence electrons. The van der Waals surface area contributed by atoms with E-state index in [1.54, 1.807) is 6.07 Å². The van der Waals surface area contributed by atoms with Gasteiger partial charge in [-0.1, -0.05) is 18.2 Å². The van der Waals surface area contributed by atoms with E-state index in [0.717, 1.165) is 36.0 Å². The highest BCUT2D eigenvalue weighted by Crippen LogP contribution is 2.37. The molecule has 1 aromatic heterocycles. The minimum absolute atomic E-state index is 0.0555. The molecule has 0 unspecified atom stereocenters. The molecule has 0 amide bonds. The number of carboxylic acids is 1. The number of anilines is 1. The van der Waals surface area contributed by atoms with Gasteiger partial charge in [-0.05, 0) is 38.8 Å². The second kappa shape index (κ2) is 4.47. The minimum Gasteiger partial charge on any atom is -0.477 e. The standard InChI is InChI=1S/C16H18N2O2/c1-16(2)8-5-9-18(16)14-10-13(15(19)20)17-12-7-4-3-6-11(12)14/h3-4,6-7,10H,5,8-9H2,1-2H3,(H,19,20). The van der Waals surface area contributed by atoms with Gasteiger partial charge < -0.3 is 10.0 Å². The quantitative estimate of drug-likeness (QED) is 0.909. The molecule has 0 aliphatic carbocycles. The summed E-state index contributed by atoms with van der Waals surface area (Å²) < 4.78 is 0. The van der Waals surface area contributed by atoms with Crippen LogP contribution in [0.1, 0.15) is 37.2 Å². The van der Waals surface area contributed by atoms with Crippen molar-refractivity contribution in [1.29, 1.82) is 0 Å². The van der Waals surface area contributed by atoms with Crippen molar-refractivity contribution in [3.8, 4) is 0 Å². The fourth-order valence-electron chi connectivity index (χ4n) is 3.04. The number of carbonyl (C=O) groups is 1. The number of aromatic nitrogens is 1. The monoisotopic (exact) mass is 270 g/mol. The summed E-state index contributed by atoms with van der Waals surface area (Å²) in [7, 11) is 0. The van der Waals surface area contributed by atoms with E-state index in [2.05, 4.69) is 23.7 Å². The Balaban J connectivity index is 2.25. The maximum atomic E-state index is 11.3. The zero-order valence-electron chi connectivity index (χ0n) is 11.8. The zero-order chi connectivity index (χ0) is 14.3. The molecule has 1 N–H and O–H groups in total. The van der Waals surface area contributed by atoms with Gasteiger partial charge in [0.15, 0.2) is 5.69 Å². The summed E-state index contributed by atoms with van der Waals surface area (Å²) in [5.41, 5.74) is 1.89. The van der Waals surface area contributed by atoms with E-state index < -0.39 is 5.97 Å². The molecule has 1 fully saturated rings. The highest BCUT2D eigenvalue weighted by atomic mass is 16.4. The lowest BCUT2D eigenvalue weighted by atomic mass is 10.0. The van der Waals surface area contributed by atoms with E-state index in [1.165, 1.54) is 0 Å². The Hall–Kier alpha value is -2.10. The van der Waals surface area contributed by atoms with Crippen LogP contribution < -0.4 is 4.90 Å². The number of rotatable bonds is 2. The summed E-state index contributed by atoms with van der Waals surface area (Å²) >= 11 is 0. The molecule has 4 nitrogen and oxygen atoms in total. The first-order valence-electron chi connectivity index (χ1n) is 6.90. The van der Waals surface area contributed by atoms with Crippen LogP contribution in [0.15, 0.2) is 30.3 Å². The van der Waals surface area contributed by atoms with Crippen LogP contribution in [0.4, 0.5) is 5.69 Å². The number of nitrogens with zero attached hydrogens (tertiary/aromatic N) is 2. The Kier molecular flexibility index (Phi) is 2.89. The molecule has 0 radical (unpaired) electrons. The van der Waals surface area contributed by atoms with Gasteiger partial charge in [0.1, 0.15) is 0 Å². The first-order chi connectivity index (χ1) is 9.49. The van der Waals surface area contributed by atoms with E-state index in [1.807, 2.05) is 24.3 Å². The third-order valence-corrected chi connectivity index (χ3v) is 4.11. The third kappa shape index (κ3) is 2.01. The molecular formula is C16H18N2O2. The van der Waals surface area contributed by atoms with Gasteiger partial charge in [-0.2, -0.15) is 0 Å². The van der Waals surface area contributed by atoms with Crippen molar-refractivity contribution in [2.75, 3.05) is 11.4 Å². The van der Waals surface area contributed by atoms with Crippen LogP contribution in [0, 0.1) is 0 Å². The lowest BCUT2D eigenvalue weighted by Gasteiger charge is -2.34. The molecule has 1 aromatic carbocycles. The van der Waals surface area contributed by atoms with E-state index in [4.69, 9.17) is 0 Å². The minimum atomic E-state index is -0.978. The molecule has 0 spiro atoms. The van der Waals surface area contributed by atoms with Crippen molar-refractivity contribution < 1.29 is 9.90 Å². The van der Waals surface area contributed by atoms with E-state index in [9.17, 15) is 9.90 Å². The number of pyridine rings is 1. The number of para-hydroxylation sites is 1. The molecule has 0 bridgehead atoms. The molecule has 1 aliphatic heterocycles. The summed E-state index contributed by atoms with van der Waals surface area (Å²) in [6, 6.07) is 9.45. The van der Waals surface area contributed by atoms with Crippen LogP contribution in [0.3, 0.4) is 0 Å². The predicted octanol–water partition coefficient (Wildman–Crippen LogP) is 3.31. The fraction of sp³-hybridized carbons (Fsp3) is 0.375. The van der Waals surface area contributed by atoms with Crippen molar-refractivity contribution in [1.82, 2.24) is 4.98 Å². The highest BCUT2D eigenvalue weighted by Gasteiger charge is 2.33. The average Bonchev–Trinajstić information content (AvgIpc) is 2.77. The Morgan fingerprint density at radius 1 is 1.35 bits per heavy atom. The summed E-state index contributed by atoms with van der Waals surface area (Å²) in [6.07, 6.45) is 2.25. The van der Waals surface area contributed by atoms with Gasteiger partial charge in [0.25, 0.3) is 0 Å². The Morgan fingerprint density at radius 3 is 2.75 bits per heavy atom. The summed E-state index contributed by atoms with van der Waals surface area (Å²) in [5, 5.41) is 10.3. The molecule has 2 aromatic rings. The summed E-state index contributed by atoms with van der Waals surface area (Å²) in [5.74, 6) is -0.978. The van der Waals surface area contributed by atoms with Gasteiger partial charge in [-0.3, -0.25) is 0 Å². The topological polar surface area (TPSA) is 53.4 Å². The van der Waals surface area contributed by atoms with Crippen molar-refractivity contribution in [2.24, 2.45) is 0 Å². The molecule has 1 saturated heterocycles. The third-order valence-electron chi connectivity index (χ3n) is 4.11. The molecule has 3 rings (SSSR count). The van der Waals surface area contributed by atoms with E-state index >= 15 is 0 Å². The molecule has 0 saturated carbocycles. The second-order valence-corrected chi connectivity index (χ2v) is 5.92. The van der Waals surface area contributed by atoms with Gasteiger partial charge >= 0.3 is 5.97 Å². The van der Waals surface area contributed by atoms with Crippen molar-refractivity contribution in [2.45, 2.75) is 32.2 Å². The van der Waals surface area contributed by atoms with Crippen LogP contribution in [-0.4, -0.2) is 28.1 Å². The highest BCUT2D eigenvalue weighted by molar-refractivity contribution is 5.97. The normalized spacial score (nSPS) is 17.6. The van der Waals surface area contributed by atoms with Gasteiger partial charge in [-0.15, -0.1) is 0 Å². The molecule has 20 heavy (non-hydrogen) atoms. The van der Waals surface area contributed by atoms with Gasteiger partial charge in [0.2, 0.25) is 0 Å². The van der Waals surface area contributed by atoms with Crippen LogP contribution in [0.2, 0.25) is 0 Å². The maximum Gasteiger partial charge on any atom is 0.354 e. The number of fused-ring (bicyclic) bond motifs is 1. The molecule has 1 aliphatic rings. The first kappa shape index (κ1) is 12.9. The zero-order valence-corrected chi connectivity index (χ0v) is 11.8. The van der Waals surface area contributed by atoms with Gasteiger partial charge in [0, 0.05) is 23.2 Å². The number of carboxylic acid groups (broad SMARTS) is 1. The van der Waals surface area contributed by atoms with Crippen molar-refractivity contribution in [3.63, 3.8) is 0 Å². The lowest BCUT2D eigenvalue weighted by molar-refractivity contribution is 0.0691. The summed E-state index contributed by atoms with van der Waals surface area (Å²) in [4.78, 5) is 17.8. The molecule has 2 heterocycles. The van der Waals surface area contributed by atoms with Gasteiger partial charge in [-0.25, -0.2) is 9.78 Å². The van der Waals surface area contributed by atoms with E-state index in [-0.39, 0.29) is 11.2 Å². The van der Waals surface area contributed by atoms with Crippen molar-refractivity contribution in [3.05, 3.63) is 36.0 Å². The van der Waals surface area contributed by atoms with Crippen LogP contribution in [-0.2, 0) is 0 Å². The smallest absolute Gasteiger partial charge is 0.354 e. The number of hydrogen-bond acceptors (Lipinski definition) is 3. The average molecular weight is 270 g/mol. The van der Waals surface area contributed by atoms with Crippen molar-refractivity contribution >= 4 is 22.6 Å². The predicted molar refractivity (Wildman–Crippen MR) is 79.4 cm³/mol.